The van der Waals surface area contributed by atoms with Crippen LogP contribution in [0.2, 0.25) is 0 Å². The predicted molar refractivity (Wildman–Crippen MR) is 146 cm³/mol. The van der Waals surface area contributed by atoms with E-state index in [1.807, 2.05) is 54.6 Å². The molecular formula is C29H27N7O3. The number of nitrogens with one attached hydrogen (secondary N) is 1. The normalized spacial score (nSPS) is 16.1. The van der Waals surface area contributed by atoms with Crippen molar-refractivity contribution < 1.29 is 9.47 Å². The first-order valence-corrected chi connectivity index (χ1v) is 13.0. The van der Waals surface area contributed by atoms with E-state index in [0.717, 1.165) is 37.1 Å². The molecule has 5 aromatic rings. The van der Waals surface area contributed by atoms with Crippen molar-refractivity contribution in [3.05, 3.63) is 106 Å². The highest BCUT2D eigenvalue weighted by Gasteiger charge is 2.33. The highest BCUT2D eigenvalue weighted by Crippen LogP contribution is 2.36. The number of para-hydroxylation sites is 1. The van der Waals surface area contributed by atoms with Gasteiger partial charge in [-0.3, -0.25) is 9.69 Å². The van der Waals surface area contributed by atoms with Crippen molar-refractivity contribution in [3.63, 3.8) is 0 Å². The molecule has 2 aromatic heterocycles. The summed E-state index contributed by atoms with van der Waals surface area (Å²) >= 11 is 0. The molecule has 2 aliphatic heterocycles. The summed E-state index contributed by atoms with van der Waals surface area (Å²) in [6, 6.07) is 25.7. The number of tetrazole rings is 1. The quantitative estimate of drug-likeness (QED) is 0.364. The average Bonchev–Trinajstić information content (AvgIpc) is 3.63. The third-order valence-corrected chi connectivity index (χ3v) is 7.44. The maximum Gasteiger partial charge on any atom is 0.253 e. The molecule has 3 aromatic carbocycles. The molecule has 1 saturated heterocycles. The van der Waals surface area contributed by atoms with Crippen LogP contribution < -0.4 is 19.9 Å². The number of piperazine rings is 1. The SMILES string of the molecule is O=c1[nH]c2cc3c(cc2cc1[C@@H](c1nnnn1Cc1ccccc1)N1CCN(c2ccccc2)CC1)OCO3. The Bertz CT molecular complexity index is 1660. The first kappa shape index (κ1) is 23.4. The topological polar surface area (TPSA) is 101 Å². The largest absolute Gasteiger partial charge is 0.454 e. The third-order valence-electron chi connectivity index (χ3n) is 7.44. The van der Waals surface area contributed by atoms with E-state index in [0.29, 0.717) is 34.9 Å². The van der Waals surface area contributed by atoms with Crippen LogP contribution >= 0.6 is 0 Å². The Hall–Kier alpha value is -4.70. The molecule has 39 heavy (non-hydrogen) atoms. The zero-order chi connectivity index (χ0) is 26.2. The summed E-state index contributed by atoms with van der Waals surface area (Å²) in [5.41, 5.74) is 3.40. The minimum atomic E-state index is -0.430. The lowest BCUT2D eigenvalue weighted by Gasteiger charge is -2.39. The van der Waals surface area contributed by atoms with Gasteiger partial charge < -0.3 is 19.4 Å². The van der Waals surface area contributed by atoms with Crippen LogP contribution in [0.5, 0.6) is 11.5 Å². The zero-order valence-corrected chi connectivity index (χ0v) is 21.2. The van der Waals surface area contributed by atoms with Crippen molar-refractivity contribution in [1.82, 2.24) is 30.1 Å². The van der Waals surface area contributed by atoms with Gasteiger partial charge in [0, 0.05) is 48.9 Å². The van der Waals surface area contributed by atoms with Crippen molar-refractivity contribution in [2.24, 2.45) is 0 Å². The molecule has 0 spiro atoms. The fraction of sp³-hybridized carbons (Fsp3) is 0.241. The van der Waals surface area contributed by atoms with E-state index in [9.17, 15) is 4.79 Å². The van der Waals surface area contributed by atoms with Crippen LogP contribution in [0.1, 0.15) is 23.0 Å². The molecule has 1 atom stereocenters. The molecule has 10 heteroatoms. The van der Waals surface area contributed by atoms with E-state index in [2.05, 4.69) is 54.6 Å². The van der Waals surface area contributed by atoms with Gasteiger partial charge in [0.25, 0.3) is 5.56 Å². The van der Waals surface area contributed by atoms with Gasteiger partial charge in [0.1, 0.15) is 6.04 Å². The van der Waals surface area contributed by atoms with Gasteiger partial charge in [0.15, 0.2) is 17.3 Å². The molecule has 1 fully saturated rings. The van der Waals surface area contributed by atoms with Crippen LogP contribution in [0.25, 0.3) is 10.9 Å². The molecule has 0 aliphatic carbocycles. The van der Waals surface area contributed by atoms with Crippen molar-refractivity contribution in [1.29, 1.82) is 0 Å². The minimum absolute atomic E-state index is 0.172. The van der Waals surface area contributed by atoms with E-state index < -0.39 is 6.04 Å². The molecule has 10 nitrogen and oxygen atoms in total. The molecule has 0 unspecified atom stereocenters. The molecule has 0 saturated carbocycles. The Morgan fingerprint density at radius 2 is 1.59 bits per heavy atom. The van der Waals surface area contributed by atoms with Crippen LogP contribution in [0.3, 0.4) is 0 Å². The summed E-state index contributed by atoms with van der Waals surface area (Å²) in [4.78, 5) is 21.4. The third kappa shape index (κ3) is 4.48. The van der Waals surface area contributed by atoms with Gasteiger partial charge in [-0.1, -0.05) is 48.5 Å². The molecule has 1 N–H and O–H groups in total. The van der Waals surface area contributed by atoms with Crippen molar-refractivity contribution in [2.45, 2.75) is 12.6 Å². The summed E-state index contributed by atoms with van der Waals surface area (Å²) in [6.45, 7) is 3.82. The first-order valence-electron chi connectivity index (χ1n) is 13.0. The number of aromatic nitrogens is 5. The highest BCUT2D eigenvalue weighted by atomic mass is 16.7. The summed E-state index contributed by atoms with van der Waals surface area (Å²) in [6.07, 6.45) is 0. The Balaban J connectivity index is 1.28. The number of hydrogen-bond acceptors (Lipinski definition) is 8. The fourth-order valence-corrected chi connectivity index (χ4v) is 5.47. The predicted octanol–water partition coefficient (Wildman–Crippen LogP) is 3.20. The summed E-state index contributed by atoms with van der Waals surface area (Å²) in [5, 5.41) is 13.7. The number of H-pyrrole nitrogens is 1. The second kappa shape index (κ2) is 9.88. The number of fused-ring (bicyclic) bond motifs is 2. The average molecular weight is 522 g/mol. The standard InChI is InChI=1S/C29H27N7O3/c37-29-23(15-21-16-25-26(39-19-38-25)17-24(21)30-29)27(28-31-32-33-36(28)18-20-7-3-1-4-8-20)35-13-11-34(12-14-35)22-9-5-2-6-10-22/h1-10,15-17,27H,11-14,18-19H2,(H,30,37)/t27-/m0/s1. The van der Waals surface area contributed by atoms with Crippen LogP contribution in [-0.2, 0) is 6.54 Å². The van der Waals surface area contributed by atoms with E-state index in [1.165, 1.54) is 5.69 Å². The van der Waals surface area contributed by atoms with Gasteiger partial charge >= 0.3 is 0 Å². The Morgan fingerprint density at radius 1 is 0.872 bits per heavy atom. The maximum absolute atomic E-state index is 13.6. The lowest BCUT2D eigenvalue weighted by atomic mass is 10.0. The highest BCUT2D eigenvalue weighted by molar-refractivity contribution is 5.83. The summed E-state index contributed by atoms with van der Waals surface area (Å²) < 4.78 is 12.9. The second-order valence-corrected chi connectivity index (χ2v) is 9.79. The van der Waals surface area contributed by atoms with Gasteiger partial charge in [-0.15, -0.1) is 5.10 Å². The summed E-state index contributed by atoms with van der Waals surface area (Å²) in [5.74, 6) is 1.94. The number of aromatic amines is 1. The fourth-order valence-electron chi connectivity index (χ4n) is 5.47. The monoisotopic (exact) mass is 521 g/mol. The molecule has 7 rings (SSSR count). The van der Waals surface area contributed by atoms with Crippen molar-refractivity contribution in [2.75, 3.05) is 37.9 Å². The number of hydrogen-bond donors (Lipinski definition) is 1. The van der Waals surface area contributed by atoms with E-state index in [1.54, 1.807) is 4.68 Å². The lowest BCUT2D eigenvalue weighted by Crippen LogP contribution is -2.49. The van der Waals surface area contributed by atoms with Gasteiger partial charge in [0.2, 0.25) is 6.79 Å². The number of nitrogens with zero attached hydrogens (tertiary/aromatic N) is 6. The number of benzene rings is 3. The molecular weight excluding hydrogens is 494 g/mol. The molecule has 196 valence electrons. The van der Waals surface area contributed by atoms with Crippen LogP contribution in [0.15, 0.2) is 83.7 Å². The van der Waals surface area contributed by atoms with Crippen LogP contribution in [0.4, 0.5) is 5.69 Å². The number of ether oxygens (including phenoxy) is 2. The second-order valence-electron chi connectivity index (χ2n) is 9.79. The van der Waals surface area contributed by atoms with Gasteiger partial charge in [-0.2, -0.15) is 0 Å². The molecule has 4 heterocycles. The van der Waals surface area contributed by atoms with Gasteiger partial charge in [-0.25, -0.2) is 4.68 Å². The Labute approximate surface area is 224 Å². The molecule has 0 radical (unpaired) electrons. The van der Waals surface area contributed by atoms with E-state index >= 15 is 0 Å². The van der Waals surface area contributed by atoms with Crippen LogP contribution in [-0.4, -0.2) is 63.1 Å². The minimum Gasteiger partial charge on any atom is -0.454 e. The number of rotatable bonds is 6. The Morgan fingerprint density at radius 3 is 2.36 bits per heavy atom. The zero-order valence-electron chi connectivity index (χ0n) is 21.2. The van der Waals surface area contributed by atoms with E-state index in [4.69, 9.17) is 9.47 Å². The molecule has 0 amide bonds. The maximum atomic E-state index is 13.6. The smallest absolute Gasteiger partial charge is 0.253 e. The lowest BCUT2D eigenvalue weighted by molar-refractivity contribution is 0.174. The Kier molecular flexibility index (Phi) is 5.93. The van der Waals surface area contributed by atoms with Crippen molar-refractivity contribution >= 4 is 16.6 Å². The number of pyridine rings is 1. The molecule has 0 bridgehead atoms. The molecule has 2 aliphatic rings. The van der Waals surface area contributed by atoms with Crippen molar-refractivity contribution in [3.8, 4) is 11.5 Å². The first-order chi connectivity index (χ1) is 19.2. The van der Waals surface area contributed by atoms with Gasteiger partial charge in [-0.05, 0) is 40.3 Å². The van der Waals surface area contributed by atoms with Gasteiger partial charge in [0.05, 0.1) is 12.1 Å². The van der Waals surface area contributed by atoms with Crippen LogP contribution in [0, 0.1) is 0 Å². The van der Waals surface area contributed by atoms with E-state index in [-0.39, 0.29) is 12.4 Å². The summed E-state index contributed by atoms with van der Waals surface area (Å²) in [7, 11) is 0. The number of anilines is 1.